The Morgan fingerprint density at radius 2 is 1.93 bits per heavy atom. The average molecular weight is 412 g/mol. The van der Waals surface area contributed by atoms with Gasteiger partial charge >= 0.3 is 12.1 Å². The molecule has 1 aliphatic rings. The molecule has 0 spiro atoms. The van der Waals surface area contributed by atoms with E-state index in [1.54, 1.807) is 19.5 Å². The Balaban J connectivity index is 0.000000370. The maximum Gasteiger partial charge on any atom is 0.490 e. The molecule has 1 amide bonds. The Morgan fingerprint density at radius 1 is 1.24 bits per heavy atom. The zero-order valence-electron chi connectivity index (χ0n) is 15.4. The van der Waals surface area contributed by atoms with Gasteiger partial charge in [-0.2, -0.15) is 13.2 Å². The van der Waals surface area contributed by atoms with Gasteiger partial charge in [0.15, 0.2) is 0 Å². The van der Waals surface area contributed by atoms with Crippen LogP contribution in [0.1, 0.15) is 22.5 Å². The summed E-state index contributed by atoms with van der Waals surface area (Å²) in [5.74, 6) is -2.85. The minimum absolute atomic E-state index is 0.0105. The SMILES string of the molecule is CO[C@H]1CCN(C(=O)c2cnccn2)[C@H]1Cc1cccnc1.O=C(O)C(F)(F)F. The third kappa shape index (κ3) is 6.21. The number of hydrogen-bond acceptors (Lipinski definition) is 6. The number of amides is 1. The predicted octanol–water partition coefficient (Wildman–Crippen LogP) is 1.98. The zero-order chi connectivity index (χ0) is 21.4. The average Bonchev–Trinajstić information content (AvgIpc) is 3.11. The number of ether oxygens (including phenoxy) is 1. The third-order valence-corrected chi connectivity index (χ3v) is 4.24. The van der Waals surface area contributed by atoms with Gasteiger partial charge < -0.3 is 14.7 Å². The minimum Gasteiger partial charge on any atom is -0.475 e. The van der Waals surface area contributed by atoms with Gasteiger partial charge in [-0.05, 0) is 24.5 Å². The number of rotatable bonds is 4. The molecular weight excluding hydrogens is 393 g/mol. The maximum absolute atomic E-state index is 12.7. The first kappa shape index (κ1) is 22.2. The molecule has 0 unspecified atom stereocenters. The van der Waals surface area contributed by atoms with Crippen molar-refractivity contribution in [1.82, 2.24) is 19.9 Å². The lowest BCUT2D eigenvalue weighted by Crippen LogP contribution is -2.42. The molecule has 1 fully saturated rings. The Labute approximate surface area is 164 Å². The first-order valence-electron chi connectivity index (χ1n) is 8.52. The van der Waals surface area contributed by atoms with Crippen LogP contribution in [0, 0.1) is 0 Å². The van der Waals surface area contributed by atoms with Gasteiger partial charge in [0, 0.05) is 38.4 Å². The summed E-state index contributed by atoms with van der Waals surface area (Å²) >= 11 is 0. The topological polar surface area (TPSA) is 106 Å². The van der Waals surface area contributed by atoms with Gasteiger partial charge in [-0.15, -0.1) is 0 Å². The third-order valence-electron chi connectivity index (χ3n) is 4.24. The van der Waals surface area contributed by atoms with Crippen molar-refractivity contribution in [1.29, 1.82) is 0 Å². The van der Waals surface area contributed by atoms with Gasteiger partial charge in [0.1, 0.15) is 5.69 Å². The number of carboxylic acids is 1. The van der Waals surface area contributed by atoms with E-state index in [0.717, 1.165) is 18.4 Å². The number of carbonyl (C=O) groups excluding carboxylic acids is 1. The molecule has 11 heteroatoms. The smallest absolute Gasteiger partial charge is 0.475 e. The molecule has 1 saturated heterocycles. The molecule has 156 valence electrons. The van der Waals surface area contributed by atoms with Gasteiger partial charge in [-0.1, -0.05) is 6.07 Å². The van der Waals surface area contributed by atoms with E-state index >= 15 is 0 Å². The van der Waals surface area contributed by atoms with E-state index in [1.807, 2.05) is 23.2 Å². The van der Waals surface area contributed by atoms with Gasteiger partial charge in [0.05, 0.1) is 18.3 Å². The van der Waals surface area contributed by atoms with Crippen LogP contribution in [0.3, 0.4) is 0 Å². The lowest BCUT2D eigenvalue weighted by atomic mass is 10.0. The summed E-state index contributed by atoms with van der Waals surface area (Å²) in [6, 6.07) is 3.91. The molecule has 3 heterocycles. The molecule has 1 N–H and O–H groups in total. The Hall–Kier alpha value is -3.08. The van der Waals surface area contributed by atoms with E-state index in [1.165, 1.54) is 12.4 Å². The van der Waals surface area contributed by atoms with Crippen LogP contribution < -0.4 is 0 Å². The maximum atomic E-state index is 12.7. The molecule has 0 bridgehead atoms. The number of carbonyl (C=O) groups is 2. The number of pyridine rings is 1. The fourth-order valence-electron chi connectivity index (χ4n) is 2.91. The van der Waals surface area contributed by atoms with Crippen LogP contribution in [0.2, 0.25) is 0 Å². The van der Waals surface area contributed by atoms with Crippen molar-refractivity contribution < 1.29 is 32.6 Å². The first-order valence-corrected chi connectivity index (χ1v) is 8.52. The number of aromatic nitrogens is 3. The highest BCUT2D eigenvalue weighted by molar-refractivity contribution is 5.92. The lowest BCUT2D eigenvalue weighted by molar-refractivity contribution is -0.192. The lowest BCUT2D eigenvalue weighted by Gasteiger charge is -2.27. The van der Waals surface area contributed by atoms with Crippen molar-refractivity contribution in [3.63, 3.8) is 0 Å². The van der Waals surface area contributed by atoms with Crippen LogP contribution in [-0.2, 0) is 16.0 Å². The van der Waals surface area contributed by atoms with Crippen LogP contribution in [0.5, 0.6) is 0 Å². The summed E-state index contributed by atoms with van der Waals surface area (Å²) in [4.78, 5) is 35.6. The molecule has 0 aromatic carbocycles. The molecule has 0 aliphatic carbocycles. The number of halogens is 3. The largest absolute Gasteiger partial charge is 0.490 e. The van der Waals surface area contributed by atoms with Crippen molar-refractivity contribution in [3.05, 3.63) is 54.4 Å². The summed E-state index contributed by atoms with van der Waals surface area (Å²) in [7, 11) is 1.69. The van der Waals surface area contributed by atoms with Crippen LogP contribution in [0.15, 0.2) is 43.1 Å². The molecule has 1 aliphatic heterocycles. The van der Waals surface area contributed by atoms with E-state index in [0.29, 0.717) is 12.2 Å². The number of nitrogens with zero attached hydrogens (tertiary/aromatic N) is 4. The van der Waals surface area contributed by atoms with Gasteiger partial charge in [0.2, 0.25) is 0 Å². The highest BCUT2D eigenvalue weighted by Crippen LogP contribution is 2.25. The van der Waals surface area contributed by atoms with Gasteiger partial charge in [0.25, 0.3) is 5.91 Å². The van der Waals surface area contributed by atoms with E-state index < -0.39 is 12.1 Å². The molecule has 2 aromatic rings. The number of hydrogen-bond donors (Lipinski definition) is 1. The number of aliphatic carboxylic acids is 1. The van der Waals surface area contributed by atoms with Crippen LogP contribution >= 0.6 is 0 Å². The minimum atomic E-state index is -5.08. The van der Waals surface area contributed by atoms with Gasteiger partial charge in [-0.25, -0.2) is 9.78 Å². The second-order valence-corrected chi connectivity index (χ2v) is 6.09. The molecule has 29 heavy (non-hydrogen) atoms. The Kier molecular flexibility index (Phi) is 7.59. The van der Waals surface area contributed by atoms with E-state index in [-0.39, 0.29) is 18.1 Å². The van der Waals surface area contributed by atoms with Crippen molar-refractivity contribution in [2.45, 2.75) is 31.2 Å². The normalized spacial score (nSPS) is 18.7. The molecule has 2 atom stereocenters. The zero-order valence-corrected chi connectivity index (χ0v) is 15.4. The number of likely N-dealkylation sites (tertiary alicyclic amines) is 1. The van der Waals surface area contributed by atoms with Crippen molar-refractivity contribution in [2.75, 3.05) is 13.7 Å². The van der Waals surface area contributed by atoms with Crippen molar-refractivity contribution in [2.24, 2.45) is 0 Å². The highest BCUT2D eigenvalue weighted by atomic mass is 19.4. The van der Waals surface area contributed by atoms with Gasteiger partial charge in [-0.3, -0.25) is 14.8 Å². The Bertz CT molecular complexity index is 806. The van der Waals surface area contributed by atoms with E-state index in [4.69, 9.17) is 14.6 Å². The second-order valence-electron chi connectivity index (χ2n) is 6.09. The van der Waals surface area contributed by atoms with Crippen molar-refractivity contribution >= 4 is 11.9 Å². The molecule has 0 radical (unpaired) electrons. The van der Waals surface area contributed by atoms with E-state index in [9.17, 15) is 18.0 Å². The monoisotopic (exact) mass is 412 g/mol. The molecule has 8 nitrogen and oxygen atoms in total. The summed E-state index contributed by atoms with van der Waals surface area (Å²) in [5, 5.41) is 7.12. The number of carboxylic acid groups (broad SMARTS) is 1. The fourth-order valence-corrected chi connectivity index (χ4v) is 2.91. The quantitative estimate of drug-likeness (QED) is 0.819. The first-order chi connectivity index (χ1) is 13.7. The molecule has 0 saturated carbocycles. The molecule has 3 rings (SSSR count). The standard InChI is InChI=1S/C16H18N4O2.C2HF3O2/c1-22-15-4-8-20(16(21)13-11-18-6-7-19-13)14(15)9-12-3-2-5-17-10-12;3-2(4,5)1(6)7/h2-3,5-7,10-11,14-15H,4,8-9H2,1H3;(H,6,7)/t14-,15-;/m0./s1. The molecule has 2 aromatic heterocycles. The van der Waals surface area contributed by atoms with E-state index in [2.05, 4.69) is 15.0 Å². The summed E-state index contributed by atoms with van der Waals surface area (Å²) in [6.45, 7) is 0.666. The highest BCUT2D eigenvalue weighted by Gasteiger charge is 2.38. The summed E-state index contributed by atoms with van der Waals surface area (Å²) in [6.07, 6.45) is 4.67. The van der Waals surface area contributed by atoms with Crippen LogP contribution in [0.25, 0.3) is 0 Å². The summed E-state index contributed by atoms with van der Waals surface area (Å²) in [5.41, 5.74) is 1.46. The van der Waals surface area contributed by atoms with Crippen molar-refractivity contribution in [3.8, 4) is 0 Å². The molecular formula is C18H19F3N4O4. The predicted molar refractivity (Wildman–Crippen MR) is 93.9 cm³/mol. The number of methoxy groups -OCH3 is 1. The van der Waals surface area contributed by atoms with Crippen LogP contribution in [-0.4, -0.2) is 68.8 Å². The fraction of sp³-hybridized carbons (Fsp3) is 0.389. The number of alkyl halides is 3. The summed E-state index contributed by atoms with van der Waals surface area (Å²) < 4.78 is 37.3. The Morgan fingerprint density at radius 3 is 2.45 bits per heavy atom. The second kappa shape index (κ2) is 9.92. The van der Waals surface area contributed by atoms with Crippen LogP contribution in [0.4, 0.5) is 13.2 Å².